The van der Waals surface area contributed by atoms with Gasteiger partial charge < -0.3 is 0 Å². The van der Waals surface area contributed by atoms with Gasteiger partial charge in [0.25, 0.3) is 0 Å². The second-order valence-corrected chi connectivity index (χ2v) is 9.13. The van der Waals surface area contributed by atoms with Crippen LogP contribution in [0.1, 0.15) is 5.56 Å². The quantitative estimate of drug-likeness (QED) is 0.627. The van der Waals surface area contributed by atoms with E-state index in [4.69, 9.17) is 0 Å². The Balaban J connectivity index is 2.90. The molecule has 0 saturated carbocycles. The van der Waals surface area contributed by atoms with E-state index >= 15 is 0 Å². The summed E-state index contributed by atoms with van der Waals surface area (Å²) in [4.78, 5) is 0. The van der Waals surface area contributed by atoms with Gasteiger partial charge in [0.05, 0.1) is 5.45 Å². The van der Waals surface area contributed by atoms with E-state index in [1.165, 1.54) is 0 Å². The number of rotatable bonds is 2. The van der Waals surface area contributed by atoms with Crippen molar-refractivity contribution in [1.29, 1.82) is 0 Å². The maximum absolute atomic E-state index is 13.5. The zero-order valence-corrected chi connectivity index (χ0v) is 9.34. The third kappa shape index (κ3) is 3.15. The number of hydrogen-bond acceptors (Lipinski definition) is 0. The van der Waals surface area contributed by atoms with E-state index in [0.717, 1.165) is 5.56 Å². The zero-order valence-electron chi connectivity index (χ0n) is 8.34. The second kappa shape index (κ2) is 3.88. The smallest absolute Gasteiger partial charge is 0.114 e. The molecule has 0 atom stereocenters. The number of benzene rings is 1. The molecule has 0 radical (unpaired) electrons. The Bertz CT molecular complexity index is 296. The molecule has 0 aliphatic heterocycles. The number of halogens is 1. The number of hydrogen-bond donors (Lipinski definition) is 0. The molecule has 0 unspecified atom stereocenters. The van der Waals surface area contributed by atoms with Crippen LogP contribution >= 0.6 is 0 Å². The molecule has 0 spiro atoms. The van der Waals surface area contributed by atoms with Crippen molar-refractivity contribution in [2.75, 3.05) is 0 Å². The predicted molar refractivity (Wildman–Crippen MR) is 58.9 cm³/mol. The molecule has 0 amide bonds. The highest BCUT2D eigenvalue weighted by Gasteiger charge is 2.19. The van der Waals surface area contributed by atoms with E-state index in [2.05, 4.69) is 0 Å². The van der Waals surface area contributed by atoms with Crippen LogP contribution in [0.3, 0.4) is 0 Å². The summed E-state index contributed by atoms with van der Waals surface area (Å²) >= 11 is 0. The van der Waals surface area contributed by atoms with Gasteiger partial charge in [-0.25, -0.2) is 4.39 Å². The van der Waals surface area contributed by atoms with E-state index in [1.54, 1.807) is 6.08 Å². The lowest BCUT2D eigenvalue weighted by molar-refractivity contribution is 0.689. The minimum absolute atomic E-state index is 0.0544. The lowest BCUT2D eigenvalue weighted by Crippen LogP contribution is -2.20. The Kier molecular flexibility index (Phi) is 3.04. The van der Waals surface area contributed by atoms with Gasteiger partial charge in [-0.3, -0.25) is 0 Å². The first kappa shape index (κ1) is 10.2. The summed E-state index contributed by atoms with van der Waals surface area (Å²) in [6.07, 6.45) is 1.65. The summed E-state index contributed by atoms with van der Waals surface area (Å²) in [6.45, 7) is 6.01. The molecule has 2 heteroatoms. The summed E-state index contributed by atoms with van der Waals surface area (Å²) in [5, 5.41) is 0. The van der Waals surface area contributed by atoms with Gasteiger partial charge in [0.2, 0.25) is 0 Å². The van der Waals surface area contributed by atoms with Crippen LogP contribution < -0.4 is 0 Å². The lowest BCUT2D eigenvalue weighted by atomic mass is 10.2. The molecule has 0 saturated heterocycles. The zero-order chi connectivity index (χ0) is 9.90. The molecule has 0 aromatic heterocycles. The molecule has 0 heterocycles. The summed E-state index contributed by atoms with van der Waals surface area (Å²) in [7, 11) is -1.75. The van der Waals surface area contributed by atoms with Crippen molar-refractivity contribution in [3.8, 4) is 0 Å². The minimum atomic E-state index is -1.75. The highest BCUT2D eigenvalue weighted by Crippen LogP contribution is 2.18. The SMILES string of the molecule is C[Si](C)(C)/C(F)=C/c1ccccc1. The van der Waals surface area contributed by atoms with Crippen LogP contribution in [0.2, 0.25) is 19.6 Å². The Hall–Kier alpha value is -0.893. The van der Waals surface area contributed by atoms with Crippen LogP contribution in [-0.2, 0) is 0 Å². The Morgan fingerprint density at radius 3 is 2.15 bits per heavy atom. The molecule has 70 valence electrons. The Morgan fingerprint density at radius 2 is 1.69 bits per heavy atom. The maximum atomic E-state index is 13.5. The van der Waals surface area contributed by atoms with E-state index in [9.17, 15) is 4.39 Å². The van der Waals surface area contributed by atoms with Crippen molar-refractivity contribution >= 4 is 14.1 Å². The van der Waals surface area contributed by atoms with Gasteiger partial charge in [0.1, 0.15) is 8.07 Å². The molecule has 0 nitrogen and oxygen atoms in total. The topological polar surface area (TPSA) is 0 Å². The molecule has 1 aromatic rings. The van der Waals surface area contributed by atoms with Crippen LogP contribution in [0.4, 0.5) is 4.39 Å². The van der Waals surface area contributed by atoms with Gasteiger partial charge in [-0.1, -0.05) is 50.0 Å². The third-order valence-corrected chi connectivity index (χ3v) is 3.39. The van der Waals surface area contributed by atoms with Crippen LogP contribution in [-0.4, -0.2) is 8.07 Å². The van der Waals surface area contributed by atoms with Crippen LogP contribution in [0.25, 0.3) is 6.08 Å². The van der Waals surface area contributed by atoms with Crippen molar-refractivity contribution in [2.45, 2.75) is 19.6 Å². The summed E-state index contributed by atoms with van der Waals surface area (Å²) in [6, 6.07) is 9.61. The van der Waals surface area contributed by atoms with E-state index in [-0.39, 0.29) is 5.45 Å². The molecule has 0 fully saturated rings. The highest BCUT2D eigenvalue weighted by atomic mass is 28.3. The Morgan fingerprint density at radius 1 is 1.15 bits per heavy atom. The summed E-state index contributed by atoms with van der Waals surface area (Å²) < 4.78 is 13.5. The van der Waals surface area contributed by atoms with Crippen molar-refractivity contribution in [3.05, 3.63) is 41.3 Å². The molecular weight excluding hydrogens is 179 g/mol. The van der Waals surface area contributed by atoms with Crippen molar-refractivity contribution in [2.24, 2.45) is 0 Å². The van der Waals surface area contributed by atoms with Gasteiger partial charge >= 0.3 is 0 Å². The molecule has 0 aliphatic rings. The van der Waals surface area contributed by atoms with E-state index in [0.29, 0.717) is 0 Å². The van der Waals surface area contributed by atoms with Gasteiger partial charge in [0, 0.05) is 0 Å². The molecule has 1 aromatic carbocycles. The van der Waals surface area contributed by atoms with E-state index < -0.39 is 8.07 Å². The summed E-state index contributed by atoms with van der Waals surface area (Å²) in [5.74, 6) is 0. The predicted octanol–water partition coefficient (Wildman–Crippen LogP) is 3.87. The monoisotopic (exact) mass is 194 g/mol. The average Bonchev–Trinajstić information content (AvgIpc) is 2.04. The molecule has 0 aliphatic carbocycles. The van der Waals surface area contributed by atoms with Crippen LogP contribution in [0.5, 0.6) is 0 Å². The first-order valence-electron chi connectivity index (χ1n) is 4.43. The molecule has 0 bridgehead atoms. The highest BCUT2D eigenvalue weighted by molar-refractivity contribution is 6.83. The molecule has 1 rings (SSSR count). The van der Waals surface area contributed by atoms with Gasteiger partial charge in [-0.05, 0) is 11.6 Å². The Labute approximate surface area is 80.1 Å². The van der Waals surface area contributed by atoms with Crippen molar-refractivity contribution in [1.82, 2.24) is 0 Å². The molecule has 0 N–H and O–H groups in total. The van der Waals surface area contributed by atoms with Crippen molar-refractivity contribution in [3.63, 3.8) is 0 Å². The van der Waals surface area contributed by atoms with Gasteiger partial charge in [-0.2, -0.15) is 0 Å². The van der Waals surface area contributed by atoms with Crippen LogP contribution in [0.15, 0.2) is 35.8 Å². The lowest BCUT2D eigenvalue weighted by Gasteiger charge is -2.12. The fourth-order valence-electron chi connectivity index (χ4n) is 0.912. The molecular formula is C11H15FSi. The second-order valence-electron chi connectivity index (χ2n) is 4.15. The third-order valence-electron chi connectivity index (χ3n) is 1.81. The fourth-order valence-corrected chi connectivity index (χ4v) is 1.51. The van der Waals surface area contributed by atoms with Gasteiger partial charge in [0.15, 0.2) is 0 Å². The van der Waals surface area contributed by atoms with Crippen LogP contribution in [0, 0.1) is 0 Å². The first-order valence-corrected chi connectivity index (χ1v) is 7.93. The maximum Gasteiger partial charge on any atom is 0.114 e. The minimum Gasteiger partial charge on any atom is -0.217 e. The fraction of sp³-hybridized carbons (Fsp3) is 0.273. The van der Waals surface area contributed by atoms with E-state index in [1.807, 2.05) is 50.0 Å². The largest absolute Gasteiger partial charge is 0.217 e. The van der Waals surface area contributed by atoms with Crippen molar-refractivity contribution < 1.29 is 4.39 Å². The normalized spacial score (nSPS) is 13.1. The standard InChI is InChI=1S/C11H15FSi/c1-13(2,3)11(12)9-10-7-5-4-6-8-10/h4-9H,1-3H3/b11-9+. The average molecular weight is 194 g/mol. The summed E-state index contributed by atoms with van der Waals surface area (Å²) in [5.41, 5.74) is 1.00. The first-order chi connectivity index (χ1) is 6.00. The molecule has 13 heavy (non-hydrogen) atoms. The van der Waals surface area contributed by atoms with Gasteiger partial charge in [-0.15, -0.1) is 0 Å².